The van der Waals surface area contributed by atoms with Crippen molar-refractivity contribution in [3.63, 3.8) is 0 Å². The van der Waals surface area contributed by atoms with Crippen LogP contribution in [0, 0.1) is 0 Å². The summed E-state index contributed by atoms with van der Waals surface area (Å²) in [6.45, 7) is 7.80. The number of aromatic carboxylic acids is 1. The van der Waals surface area contributed by atoms with Crippen molar-refractivity contribution >= 4 is 12.1 Å². The van der Waals surface area contributed by atoms with Crippen molar-refractivity contribution in [2.45, 2.75) is 51.7 Å². The molecule has 1 aliphatic rings. The first-order valence-corrected chi connectivity index (χ1v) is 6.84. The second-order valence-electron chi connectivity index (χ2n) is 6.17. The summed E-state index contributed by atoms with van der Waals surface area (Å²) in [5, 5.41) is 19.0. The molecule has 1 aromatic rings. The quantitative estimate of drug-likeness (QED) is 0.858. The van der Waals surface area contributed by atoms with Gasteiger partial charge in [0.1, 0.15) is 11.3 Å². The van der Waals surface area contributed by atoms with Crippen LogP contribution in [0.5, 0.6) is 0 Å². The zero-order valence-corrected chi connectivity index (χ0v) is 12.6. The lowest BCUT2D eigenvalue weighted by Crippen LogP contribution is -2.39. The number of aromatic nitrogens is 3. The van der Waals surface area contributed by atoms with Crippen molar-refractivity contribution in [3.05, 3.63) is 11.4 Å². The Hall–Kier alpha value is -2.12. The first-order valence-electron chi connectivity index (χ1n) is 6.84. The van der Waals surface area contributed by atoms with E-state index in [0.29, 0.717) is 18.7 Å². The fourth-order valence-corrected chi connectivity index (χ4v) is 2.54. The Morgan fingerprint density at radius 1 is 1.38 bits per heavy atom. The summed E-state index contributed by atoms with van der Waals surface area (Å²) in [6.07, 6.45) is 0.241. The van der Waals surface area contributed by atoms with E-state index in [2.05, 4.69) is 15.4 Å². The molecular formula is C13H20N4O4. The lowest BCUT2D eigenvalue weighted by atomic mass is 9.96. The van der Waals surface area contributed by atoms with Crippen LogP contribution in [0.1, 0.15) is 56.2 Å². The normalized spacial score (nSPS) is 22.4. The maximum Gasteiger partial charge on any atom is 0.410 e. The van der Waals surface area contributed by atoms with E-state index < -0.39 is 17.7 Å². The first-order chi connectivity index (χ1) is 9.70. The van der Waals surface area contributed by atoms with Gasteiger partial charge in [0.15, 0.2) is 5.69 Å². The third-order valence-electron chi connectivity index (χ3n) is 3.51. The number of hydrogen-bond donors (Lipinski definition) is 2. The molecule has 0 radical (unpaired) electrons. The van der Waals surface area contributed by atoms with Crippen LogP contribution in [0.15, 0.2) is 0 Å². The predicted molar refractivity (Wildman–Crippen MR) is 73.1 cm³/mol. The fourth-order valence-electron chi connectivity index (χ4n) is 2.54. The van der Waals surface area contributed by atoms with Crippen molar-refractivity contribution in [1.82, 2.24) is 20.3 Å². The van der Waals surface area contributed by atoms with Gasteiger partial charge in [-0.3, -0.25) is 0 Å². The number of nitrogens with one attached hydrogen (secondary N) is 1. The Kier molecular flexibility index (Phi) is 3.89. The number of likely N-dealkylation sites (tertiary alicyclic amines) is 1. The SMILES string of the molecule is CC1C(c2n[nH]nc2C(=O)O)CCN1C(=O)OC(C)(C)C. The molecule has 2 rings (SSSR count). The maximum atomic E-state index is 12.1. The number of nitrogens with zero attached hydrogens (tertiary/aromatic N) is 3. The molecule has 2 atom stereocenters. The number of rotatable bonds is 2. The number of ether oxygens (including phenoxy) is 1. The van der Waals surface area contributed by atoms with Crippen LogP contribution < -0.4 is 0 Å². The monoisotopic (exact) mass is 296 g/mol. The van der Waals surface area contributed by atoms with Crippen molar-refractivity contribution in [2.24, 2.45) is 0 Å². The Morgan fingerprint density at radius 2 is 2.05 bits per heavy atom. The van der Waals surface area contributed by atoms with Gasteiger partial charge in [-0.15, -0.1) is 5.10 Å². The Bertz CT molecular complexity index is 549. The van der Waals surface area contributed by atoms with Crippen molar-refractivity contribution in [2.75, 3.05) is 6.54 Å². The van der Waals surface area contributed by atoms with E-state index in [4.69, 9.17) is 9.84 Å². The molecule has 21 heavy (non-hydrogen) atoms. The summed E-state index contributed by atoms with van der Waals surface area (Å²) < 4.78 is 5.36. The number of hydrogen-bond acceptors (Lipinski definition) is 5. The number of H-pyrrole nitrogens is 1. The van der Waals surface area contributed by atoms with Crippen LogP contribution in [-0.2, 0) is 4.74 Å². The maximum absolute atomic E-state index is 12.1. The molecule has 116 valence electrons. The molecule has 1 aliphatic heterocycles. The highest BCUT2D eigenvalue weighted by Crippen LogP contribution is 2.34. The van der Waals surface area contributed by atoms with E-state index in [1.54, 1.807) is 4.90 Å². The minimum absolute atomic E-state index is 0.0853. The molecule has 0 bridgehead atoms. The highest BCUT2D eigenvalue weighted by Gasteiger charge is 2.40. The third kappa shape index (κ3) is 3.14. The third-order valence-corrected chi connectivity index (χ3v) is 3.51. The second kappa shape index (κ2) is 5.34. The molecule has 1 fully saturated rings. The minimum Gasteiger partial charge on any atom is -0.476 e. The van der Waals surface area contributed by atoms with Gasteiger partial charge in [-0.25, -0.2) is 9.59 Å². The molecule has 2 heterocycles. The standard InChI is InChI=1S/C13H20N4O4/c1-7-8(9-10(11(18)19)15-16-14-9)5-6-17(7)12(20)21-13(2,3)4/h7-8H,5-6H2,1-4H3,(H,18,19)(H,14,15,16). The molecule has 1 amide bonds. The van der Waals surface area contributed by atoms with Gasteiger partial charge in [0, 0.05) is 18.5 Å². The van der Waals surface area contributed by atoms with E-state index in [9.17, 15) is 9.59 Å². The Balaban J connectivity index is 2.15. The molecule has 0 aromatic carbocycles. The van der Waals surface area contributed by atoms with E-state index in [1.165, 1.54) is 0 Å². The molecule has 0 spiro atoms. The molecule has 0 aliphatic carbocycles. The molecule has 8 nitrogen and oxygen atoms in total. The average molecular weight is 296 g/mol. The Labute approximate surface area is 122 Å². The lowest BCUT2D eigenvalue weighted by Gasteiger charge is -2.28. The summed E-state index contributed by atoms with van der Waals surface area (Å²) in [4.78, 5) is 24.9. The highest BCUT2D eigenvalue weighted by molar-refractivity contribution is 5.86. The molecule has 2 N–H and O–H groups in total. The van der Waals surface area contributed by atoms with Crippen LogP contribution in [0.3, 0.4) is 0 Å². The zero-order valence-electron chi connectivity index (χ0n) is 12.6. The molecule has 0 saturated carbocycles. The number of amides is 1. The van der Waals surface area contributed by atoms with E-state index in [1.807, 2.05) is 27.7 Å². The van der Waals surface area contributed by atoms with E-state index in [0.717, 1.165) is 0 Å². The largest absolute Gasteiger partial charge is 0.476 e. The zero-order chi connectivity index (χ0) is 15.8. The average Bonchev–Trinajstić information content (AvgIpc) is 2.92. The number of carboxylic acids is 1. The number of carbonyl (C=O) groups is 2. The smallest absolute Gasteiger partial charge is 0.410 e. The summed E-state index contributed by atoms with van der Waals surface area (Å²) in [7, 11) is 0. The van der Waals surface area contributed by atoms with Gasteiger partial charge in [-0.05, 0) is 34.1 Å². The number of carbonyl (C=O) groups excluding carboxylic acids is 1. The van der Waals surface area contributed by atoms with Crippen molar-refractivity contribution in [3.8, 4) is 0 Å². The van der Waals surface area contributed by atoms with Crippen LogP contribution in [-0.4, -0.2) is 55.7 Å². The molecule has 8 heteroatoms. The van der Waals surface area contributed by atoms with Gasteiger partial charge in [0.2, 0.25) is 0 Å². The Morgan fingerprint density at radius 3 is 2.62 bits per heavy atom. The fraction of sp³-hybridized carbons (Fsp3) is 0.692. The lowest BCUT2D eigenvalue weighted by molar-refractivity contribution is 0.0233. The van der Waals surface area contributed by atoms with Crippen molar-refractivity contribution < 1.29 is 19.4 Å². The highest BCUT2D eigenvalue weighted by atomic mass is 16.6. The van der Waals surface area contributed by atoms with Gasteiger partial charge < -0.3 is 14.7 Å². The van der Waals surface area contributed by atoms with Gasteiger partial charge >= 0.3 is 12.1 Å². The van der Waals surface area contributed by atoms with E-state index in [-0.39, 0.29) is 17.7 Å². The van der Waals surface area contributed by atoms with Gasteiger partial charge in [-0.1, -0.05) is 0 Å². The number of aromatic amines is 1. The second-order valence-corrected chi connectivity index (χ2v) is 6.17. The van der Waals surface area contributed by atoms with Gasteiger partial charge in [-0.2, -0.15) is 10.3 Å². The van der Waals surface area contributed by atoms with Crippen LogP contribution in [0.2, 0.25) is 0 Å². The van der Waals surface area contributed by atoms with E-state index >= 15 is 0 Å². The topological polar surface area (TPSA) is 108 Å². The summed E-state index contributed by atoms with van der Waals surface area (Å²) >= 11 is 0. The molecular weight excluding hydrogens is 276 g/mol. The van der Waals surface area contributed by atoms with Crippen LogP contribution >= 0.6 is 0 Å². The van der Waals surface area contributed by atoms with Gasteiger partial charge in [0.05, 0.1) is 0 Å². The van der Waals surface area contributed by atoms with Crippen molar-refractivity contribution in [1.29, 1.82) is 0 Å². The van der Waals surface area contributed by atoms with Gasteiger partial charge in [0.25, 0.3) is 0 Å². The van der Waals surface area contributed by atoms with Crippen LogP contribution in [0.4, 0.5) is 4.79 Å². The number of carboxylic acid groups (broad SMARTS) is 1. The summed E-state index contributed by atoms with van der Waals surface area (Å²) in [6, 6.07) is -0.192. The molecule has 1 saturated heterocycles. The van der Waals surface area contributed by atoms with Crippen LogP contribution in [0.25, 0.3) is 0 Å². The predicted octanol–water partition coefficient (Wildman–Crippen LogP) is 1.62. The first kappa shape index (κ1) is 15.3. The molecule has 2 unspecified atom stereocenters. The molecule has 1 aromatic heterocycles. The summed E-state index contributed by atoms with van der Waals surface area (Å²) in [5.74, 6) is -1.29. The summed E-state index contributed by atoms with van der Waals surface area (Å²) in [5.41, 5.74) is -0.256. The minimum atomic E-state index is -1.12.